The Balaban J connectivity index is 1.80. The Morgan fingerprint density at radius 2 is 1.60 bits per heavy atom. The number of carbonyl (C=O) groups excluding carboxylic acids is 2. The molecule has 0 aromatic rings. The van der Waals surface area contributed by atoms with Crippen LogP contribution in [0.25, 0.3) is 0 Å². The first-order chi connectivity index (χ1) is 15.9. The van der Waals surface area contributed by atoms with Crippen LogP contribution >= 0.6 is 0 Å². The molecule has 0 N–H and O–H groups in total. The van der Waals surface area contributed by atoms with Gasteiger partial charge in [0, 0.05) is 11.8 Å². The van der Waals surface area contributed by atoms with Crippen molar-refractivity contribution in [2.24, 2.45) is 50.2 Å². The lowest BCUT2D eigenvalue weighted by molar-refractivity contribution is -0.175. The molecule has 3 saturated carbocycles. The van der Waals surface area contributed by atoms with Crippen molar-refractivity contribution in [3.8, 4) is 6.07 Å². The minimum atomic E-state index is -0.579. The molecule has 4 aliphatic carbocycles. The number of Topliss-reactive ketones (excluding diaryl/α,β-unsaturated/α-hetero) is 2. The SMILES string of the molecule is CC(=O)C[C@@H]1[C@@]2(C)C=C(C#N)C(=O)C(C)(C)[C@@H]2CC[C@@]1(C)[C@]1(C)CC[C@@]2(C)CCC(C)(C)CC2C1. The molecular formula is C32H49NO2. The lowest BCUT2D eigenvalue weighted by atomic mass is 9.36. The van der Waals surface area contributed by atoms with Crippen LogP contribution in [-0.2, 0) is 9.59 Å². The van der Waals surface area contributed by atoms with Gasteiger partial charge in [0.15, 0.2) is 5.78 Å². The lowest BCUT2D eigenvalue weighted by Crippen LogP contribution is -2.61. The fourth-order valence-corrected chi connectivity index (χ4v) is 9.84. The molecular weight excluding hydrogens is 430 g/mol. The quantitative estimate of drug-likeness (QED) is 0.411. The van der Waals surface area contributed by atoms with Gasteiger partial charge in [-0.15, -0.1) is 0 Å². The highest BCUT2D eigenvalue weighted by Crippen LogP contribution is 2.71. The summed E-state index contributed by atoms with van der Waals surface area (Å²) in [5, 5.41) is 9.90. The summed E-state index contributed by atoms with van der Waals surface area (Å²) in [6.07, 6.45) is 12.3. The molecule has 3 heteroatoms. The Hall–Kier alpha value is -1.43. The molecule has 0 aromatic carbocycles. The number of hydrogen-bond donors (Lipinski definition) is 0. The summed E-state index contributed by atoms with van der Waals surface area (Å²) in [6, 6.07) is 2.24. The maximum absolute atomic E-state index is 13.2. The largest absolute Gasteiger partial charge is 0.300 e. The molecule has 0 spiro atoms. The van der Waals surface area contributed by atoms with Crippen LogP contribution in [0.4, 0.5) is 0 Å². The summed E-state index contributed by atoms with van der Waals surface area (Å²) < 4.78 is 0. The van der Waals surface area contributed by atoms with Gasteiger partial charge in [0.1, 0.15) is 11.9 Å². The highest BCUT2D eigenvalue weighted by Gasteiger charge is 2.65. The van der Waals surface area contributed by atoms with Crippen LogP contribution in [-0.4, -0.2) is 11.6 Å². The van der Waals surface area contributed by atoms with Crippen LogP contribution in [0.1, 0.15) is 120 Å². The summed E-state index contributed by atoms with van der Waals surface area (Å²) in [4.78, 5) is 26.0. The second-order valence-corrected chi connectivity index (χ2v) is 15.5. The van der Waals surface area contributed by atoms with Crippen LogP contribution < -0.4 is 0 Å². The molecule has 4 rings (SSSR count). The predicted octanol–water partition coefficient (Wildman–Crippen LogP) is 8.09. The molecule has 0 amide bonds. The molecule has 3 fully saturated rings. The Kier molecular flexibility index (Phi) is 6.11. The number of nitriles is 1. The molecule has 0 aromatic heterocycles. The lowest BCUT2D eigenvalue weighted by Gasteiger charge is -2.67. The number of fused-ring (bicyclic) bond motifs is 2. The van der Waals surface area contributed by atoms with Crippen LogP contribution in [0.3, 0.4) is 0 Å². The monoisotopic (exact) mass is 479 g/mol. The molecule has 4 aliphatic rings. The standard InChI is InChI=1S/C32H49NO2/c1-21(34)16-25-31(8)17-22(20-33)26(35)28(4,5)24(31)10-11-32(25,9)30(7)15-14-29(6)13-12-27(2,3)18-23(29)19-30/h17,23-25H,10-16,18-19H2,1-9H3/t23?,24-,25+,29+,30+,31-,32+/m0/s1. The van der Waals surface area contributed by atoms with Crippen LogP contribution in [0.2, 0.25) is 0 Å². The third kappa shape index (κ3) is 3.88. The van der Waals surface area contributed by atoms with Gasteiger partial charge in [0.2, 0.25) is 0 Å². The van der Waals surface area contributed by atoms with Gasteiger partial charge in [-0.05, 0) is 103 Å². The van der Waals surface area contributed by atoms with E-state index in [0.29, 0.717) is 22.8 Å². The Labute approximate surface area is 214 Å². The zero-order valence-electron chi connectivity index (χ0n) is 23.9. The Morgan fingerprint density at radius 3 is 2.20 bits per heavy atom. The van der Waals surface area contributed by atoms with E-state index in [9.17, 15) is 14.9 Å². The number of ketones is 2. The number of allylic oxidation sites excluding steroid dienone is 2. The zero-order valence-corrected chi connectivity index (χ0v) is 23.9. The Bertz CT molecular complexity index is 998. The van der Waals surface area contributed by atoms with Crippen molar-refractivity contribution < 1.29 is 9.59 Å². The minimum absolute atomic E-state index is 0.0135. The van der Waals surface area contributed by atoms with E-state index in [1.807, 2.05) is 19.9 Å². The van der Waals surface area contributed by atoms with Gasteiger partial charge in [-0.1, -0.05) is 61.5 Å². The van der Waals surface area contributed by atoms with Crippen molar-refractivity contribution in [1.29, 1.82) is 5.26 Å². The second kappa shape index (κ2) is 8.03. The van der Waals surface area contributed by atoms with E-state index in [-0.39, 0.29) is 39.6 Å². The van der Waals surface area contributed by atoms with Gasteiger partial charge in [-0.25, -0.2) is 0 Å². The summed E-state index contributed by atoms with van der Waals surface area (Å²) >= 11 is 0. The number of carbonyl (C=O) groups is 2. The maximum atomic E-state index is 13.2. The fourth-order valence-electron chi connectivity index (χ4n) is 9.84. The molecule has 0 heterocycles. The van der Waals surface area contributed by atoms with E-state index in [1.54, 1.807) is 6.92 Å². The van der Waals surface area contributed by atoms with Crippen LogP contribution in [0, 0.1) is 61.6 Å². The van der Waals surface area contributed by atoms with E-state index in [4.69, 9.17) is 0 Å². The van der Waals surface area contributed by atoms with Crippen molar-refractivity contribution in [3.05, 3.63) is 11.6 Å². The molecule has 0 bridgehead atoms. The highest BCUT2D eigenvalue weighted by molar-refractivity contribution is 6.04. The average Bonchev–Trinajstić information content (AvgIpc) is 2.74. The van der Waals surface area contributed by atoms with Gasteiger partial charge in [0.05, 0.1) is 5.57 Å². The highest BCUT2D eigenvalue weighted by atomic mass is 16.1. The molecule has 0 saturated heterocycles. The first-order valence-electron chi connectivity index (χ1n) is 14.1. The van der Waals surface area contributed by atoms with E-state index in [2.05, 4.69) is 47.6 Å². The van der Waals surface area contributed by atoms with Gasteiger partial charge >= 0.3 is 0 Å². The Morgan fingerprint density at radius 1 is 0.971 bits per heavy atom. The summed E-state index contributed by atoms with van der Waals surface area (Å²) in [5.74, 6) is 1.22. The van der Waals surface area contributed by atoms with E-state index in [1.165, 1.54) is 38.5 Å². The van der Waals surface area contributed by atoms with Crippen molar-refractivity contribution in [3.63, 3.8) is 0 Å². The first-order valence-corrected chi connectivity index (χ1v) is 14.1. The molecule has 0 radical (unpaired) electrons. The van der Waals surface area contributed by atoms with Gasteiger partial charge in [-0.3, -0.25) is 4.79 Å². The van der Waals surface area contributed by atoms with Gasteiger partial charge < -0.3 is 4.79 Å². The summed E-state index contributed by atoms with van der Waals surface area (Å²) in [6.45, 7) is 20.5. The second-order valence-electron chi connectivity index (χ2n) is 15.5. The topological polar surface area (TPSA) is 57.9 Å². The van der Waals surface area contributed by atoms with E-state index < -0.39 is 5.41 Å². The fraction of sp³-hybridized carbons (Fsp3) is 0.844. The minimum Gasteiger partial charge on any atom is -0.300 e. The smallest absolute Gasteiger partial charge is 0.178 e. The summed E-state index contributed by atoms with van der Waals surface area (Å²) in [5.41, 5.74) is 0.369. The first kappa shape index (κ1) is 26.6. The molecule has 1 unspecified atom stereocenters. The summed E-state index contributed by atoms with van der Waals surface area (Å²) in [7, 11) is 0. The molecule has 35 heavy (non-hydrogen) atoms. The van der Waals surface area contributed by atoms with Gasteiger partial charge in [-0.2, -0.15) is 5.26 Å². The van der Waals surface area contributed by atoms with Crippen molar-refractivity contribution in [2.45, 2.75) is 120 Å². The molecule has 7 atom stereocenters. The maximum Gasteiger partial charge on any atom is 0.178 e. The third-order valence-electron chi connectivity index (χ3n) is 12.5. The predicted molar refractivity (Wildman–Crippen MR) is 141 cm³/mol. The number of rotatable bonds is 3. The van der Waals surface area contributed by atoms with E-state index >= 15 is 0 Å². The normalized spacial score (nSPS) is 46.6. The van der Waals surface area contributed by atoms with E-state index in [0.717, 1.165) is 18.8 Å². The molecule has 0 aliphatic heterocycles. The van der Waals surface area contributed by atoms with Gasteiger partial charge in [0.25, 0.3) is 0 Å². The van der Waals surface area contributed by atoms with Crippen molar-refractivity contribution in [2.75, 3.05) is 0 Å². The average molecular weight is 480 g/mol. The number of hydrogen-bond acceptors (Lipinski definition) is 3. The number of nitrogens with zero attached hydrogens (tertiary/aromatic N) is 1. The zero-order chi connectivity index (χ0) is 26.2. The van der Waals surface area contributed by atoms with Crippen molar-refractivity contribution >= 4 is 11.6 Å². The molecule has 194 valence electrons. The third-order valence-corrected chi connectivity index (χ3v) is 12.5. The van der Waals surface area contributed by atoms with Crippen LogP contribution in [0.5, 0.6) is 0 Å². The van der Waals surface area contributed by atoms with Crippen molar-refractivity contribution in [1.82, 2.24) is 0 Å². The molecule has 3 nitrogen and oxygen atoms in total. The van der Waals surface area contributed by atoms with Crippen LogP contribution in [0.15, 0.2) is 11.6 Å².